The van der Waals surface area contributed by atoms with Crippen LogP contribution in [0.5, 0.6) is 0 Å². The molecule has 0 aliphatic carbocycles. The average molecular weight is 289 g/mol. The number of hydrogen-bond acceptors (Lipinski definition) is 4. The third kappa shape index (κ3) is 8.38. The number of alkyl carbamates (subject to hydrolysis) is 1. The summed E-state index contributed by atoms with van der Waals surface area (Å²) in [5.41, 5.74) is -0.777. The monoisotopic (exact) mass is 289 g/mol. The normalized spacial score (nSPS) is 14.7. The van der Waals surface area contributed by atoms with E-state index in [1.807, 2.05) is 27.7 Å². The van der Waals surface area contributed by atoms with Gasteiger partial charge in [-0.3, -0.25) is 0 Å². The van der Waals surface area contributed by atoms with Gasteiger partial charge in [0.15, 0.2) is 0 Å². The number of rotatable bonds is 9. The predicted molar refractivity (Wildman–Crippen MR) is 79.8 cm³/mol. The van der Waals surface area contributed by atoms with Gasteiger partial charge in [0.1, 0.15) is 5.60 Å². The molecule has 0 saturated carbocycles. The van der Waals surface area contributed by atoms with Gasteiger partial charge in [-0.2, -0.15) is 0 Å². The number of carbonyl (C=O) groups excluding carboxylic acids is 1. The lowest BCUT2D eigenvalue weighted by molar-refractivity contribution is 0.0446. The Balaban J connectivity index is 4.27. The highest BCUT2D eigenvalue weighted by molar-refractivity contribution is 5.67. The average Bonchev–Trinajstić information content (AvgIpc) is 2.37. The van der Waals surface area contributed by atoms with E-state index in [-0.39, 0.29) is 12.0 Å². The molecule has 0 rings (SSSR count). The zero-order chi connectivity index (χ0) is 15.6. The second-order valence-corrected chi connectivity index (χ2v) is 6.32. The number of amides is 1. The Morgan fingerprint density at radius 2 is 1.90 bits per heavy atom. The first-order valence-corrected chi connectivity index (χ1v) is 7.35. The lowest BCUT2D eigenvalue weighted by Gasteiger charge is -2.31. The first-order chi connectivity index (χ1) is 9.28. The molecule has 0 fully saturated rings. The molecule has 0 radical (unpaired) electrons. The van der Waals surface area contributed by atoms with E-state index in [1.165, 1.54) is 0 Å². The Labute approximate surface area is 123 Å². The molecule has 0 heterocycles. The van der Waals surface area contributed by atoms with Gasteiger partial charge in [0.25, 0.3) is 0 Å². The Morgan fingerprint density at radius 1 is 1.25 bits per heavy atom. The van der Waals surface area contributed by atoms with Crippen molar-refractivity contribution in [3.8, 4) is 0 Å². The van der Waals surface area contributed by atoms with E-state index in [0.29, 0.717) is 6.54 Å². The molecular formula is C15H31NO4. The number of carbonyl (C=O) groups is 1. The van der Waals surface area contributed by atoms with Gasteiger partial charge in [-0.15, -0.1) is 0 Å². The quantitative estimate of drug-likeness (QED) is 0.640. The lowest BCUT2D eigenvalue weighted by Crippen LogP contribution is -2.42. The fraction of sp³-hybridized carbons (Fsp3) is 0.933. The van der Waals surface area contributed by atoms with Crippen molar-refractivity contribution in [2.75, 3.05) is 26.9 Å². The van der Waals surface area contributed by atoms with Gasteiger partial charge in [0, 0.05) is 25.7 Å². The van der Waals surface area contributed by atoms with Crippen LogP contribution in [0.25, 0.3) is 0 Å². The molecule has 1 atom stereocenters. The molecule has 0 aliphatic rings. The summed E-state index contributed by atoms with van der Waals surface area (Å²) in [4.78, 5) is 11.7. The summed E-state index contributed by atoms with van der Waals surface area (Å²) in [6.45, 7) is 8.74. The van der Waals surface area contributed by atoms with E-state index >= 15 is 0 Å². The van der Waals surface area contributed by atoms with Gasteiger partial charge >= 0.3 is 6.09 Å². The summed E-state index contributed by atoms with van der Waals surface area (Å²) >= 11 is 0. The summed E-state index contributed by atoms with van der Waals surface area (Å²) in [5.74, 6) is 0. The zero-order valence-corrected chi connectivity index (χ0v) is 13.6. The van der Waals surface area contributed by atoms with Crippen molar-refractivity contribution < 1.29 is 19.4 Å². The number of unbranched alkanes of at least 4 members (excludes halogenated alkanes) is 1. The number of aliphatic hydroxyl groups excluding tert-OH is 1. The highest BCUT2D eigenvalue weighted by Crippen LogP contribution is 2.27. The molecule has 5 heteroatoms. The van der Waals surface area contributed by atoms with E-state index in [1.54, 1.807) is 7.11 Å². The van der Waals surface area contributed by atoms with E-state index in [2.05, 4.69) is 5.32 Å². The van der Waals surface area contributed by atoms with E-state index in [0.717, 1.165) is 32.3 Å². The molecule has 5 nitrogen and oxygen atoms in total. The molecule has 0 spiro atoms. The fourth-order valence-electron chi connectivity index (χ4n) is 1.96. The number of nitrogens with one attached hydrogen (secondary N) is 1. The maximum absolute atomic E-state index is 11.7. The molecule has 120 valence electrons. The first-order valence-electron chi connectivity index (χ1n) is 7.35. The standard InChI is InChI=1S/C15H31NO4/c1-6-15(12-17,9-7-8-10-19-5)11-16-13(18)20-14(2,3)4/h17H,6-12H2,1-5H3,(H,16,18). The Kier molecular flexibility index (Phi) is 8.81. The van der Waals surface area contributed by atoms with Crippen molar-refractivity contribution in [3.63, 3.8) is 0 Å². The Morgan fingerprint density at radius 3 is 2.35 bits per heavy atom. The van der Waals surface area contributed by atoms with Crippen LogP contribution in [-0.2, 0) is 9.47 Å². The van der Waals surface area contributed by atoms with Crippen molar-refractivity contribution in [3.05, 3.63) is 0 Å². The highest BCUT2D eigenvalue weighted by Gasteiger charge is 2.28. The molecular weight excluding hydrogens is 258 g/mol. The molecule has 0 aromatic rings. The van der Waals surface area contributed by atoms with Crippen LogP contribution in [-0.4, -0.2) is 43.7 Å². The minimum absolute atomic E-state index is 0.0618. The van der Waals surface area contributed by atoms with Crippen molar-refractivity contribution in [1.82, 2.24) is 5.32 Å². The largest absolute Gasteiger partial charge is 0.444 e. The van der Waals surface area contributed by atoms with E-state index in [9.17, 15) is 9.90 Å². The van der Waals surface area contributed by atoms with Gasteiger partial charge in [-0.05, 0) is 40.0 Å². The molecule has 2 N–H and O–H groups in total. The number of aliphatic hydroxyl groups is 1. The van der Waals surface area contributed by atoms with Gasteiger partial charge in [-0.25, -0.2) is 4.79 Å². The third-order valence-corrected chi connectivity index (χ3v) is 3.40. The molecule has 0 saturated heterocycles. The maximum atomic E-state index is 11.7. The molecule has 1 unspecified atom stereocenters. The molecule has 0 aromatic heterocycles. The third-order valence-electron chi connectivity index (χ3n) is 3.40. The second kappa shape index (κ2) is 9.19. The maximum Gasteiger partial charge on any atom is 0.407 e. The number of ether oxygens (including phenoxy) is 2. The number of methoxy groups -OCH3 is 1. The minimum atomic E-state index is -0.503. The second-order valence-electron chi connectivity index (χ2n) is 6.32. The predicted octanol–water partition coefficient (Wildman–Crippen LogP) is 2.72. The van der Waals surface area contributed by atoms with Crippen LogP contribution in [0, 0.1) is 5.41 Å². The Hall–Kier alpha value is -0.810. The summed E-state index contributed by atoms with van der Waals surface area (Å²) < 4.78 is 10.2. The van der Waals surface area contributed by atoms with E-state index in [4.69, 9.17) is 9.47 Å². The van der Waals surface area contributed by atoms with Crippen molar-refractivity contribution in [1.29, 1.82) is 0 Å². The van der Waals surface area contributed by atoms with Gasteiger partial charge in [0.05, 0.1) is 6.61 Å². The minimum Gasteiger partial charge on any atom is -0.444 e. The van der Waals surface area contributed by atoms with Crippen molar-refractivity contribution in [2.24, 2.45) is 5.41 Å². The smallest absolute Gasteiger partial charge is 0.407 e. The summed E-state index contributed by atoms with van der Waals surface area (Å²) in [7, 11) is 1.68. The first kappa shape index (κ1) is 19.2. The molecule has 20 heavy (non-hydrogen) atoms. The summed E-state index contributed by atoms with van der Waals surface area (Å²) in [5, 5.41) is 12.4. The van der Waals surface area contributed by atoms with Crippen LogP contribution >= 0.6 is 0 Å². The SMILES string of the molecule is CCC(CO)(CCCCOC)CNC(=O)OC(C)(C)C. The lowest BCUT2D eigenvalue weighted by atomic mass is 9.81. The van der Waals surface area contributed by atoms with Gasteiger partial charge in [-0.1, -0.05) is 13.3 Å². The van der Waals surface area contributed by atoms with Crippen LogP contribution in [0.15, 0.2) is 0 Å². The molecule has 1 amide bonds. The summed E-state index contributed by atoms with van der Waals surface area (Å²) in [6.07, 6.45) is 3.18. The molecule has 0 aromatic carbocycles. The zero-order valence-electron chi connectivity index (χ0n) is 13.6. The van der Waals surface area contributed by atoms with Crippen LogP contribution in [0.2, 0.25) is 0 Å². The topological polar surface area (TPSA) is 67.8 Å². The fourth-order valence-corrected chi connectivity index (χ4v) is 1.96. The number of hydrogen-bond donors (Lipinski definition) is 2. The van der Waals surface area contributed by atoms with Crippen LogP contribution in [0.4, 0.5) is 4.79 Å². The van der Waals surface area contributed by atoms with Crippen molar-refractivity contribution in [2.45, 2.75) is 59.0 Å². The van der Waals surface area contributed by atoms with Gasteiger partial charge in [0.2, 0.25) is 0 Å². The molecule has 0 bridgehead atoms. The van der Waals surface area contributed by atoms with E-state index < -0.39 is 11.7 Å². The summed E-state index contributed by atoms with van der Waals surface area (Å²) in [6, 6.07) is 0. The highest BCUT2D eigenvalue weighted by atomic mass is 16.6. The van der Waals surface area contributed by atoms with Crippen LogP contribution in [0.3, 0.4) is 0 Å². The Bertz CT molecular complexity index is 270. The van der Waals surface area contributed by atoms with Gasteiger partial charge < -0.3 is 19.9 Å². The van der Waals surface area contributed by atoms with Crippen molar-refractivity contribution >= 4 is 6.09 Å². The molecule has 0 aliphatic heterocycles. The van der Waals surface area contributed by atoms with Crippen LogP contribution < -0.4 is 5.32 Å². The van der Waals surface area contributed by atoms with Crippen LogP contribution in [0.1, 0.15) is 53.4 Å².